The first-order valence-electron chi connectivity index (χ1n) is 9.32. The van der Waals surface area contributed by atoms with Gasteiger partial charge in [0, 0.05) is 16.7 Å². The van der Waals surface area contributed by atoms with E-state index in [1.807, 2.05) is 0 Å². The van der Waals surface area contributed by atoms with Crippen molar-refractivity contribution in [2.24, 2.45) is 10.9 Å². The molecule has 2 aromatic carbocycles. The maximum Gasteiger partial charge on any atom is 0.344 e. The number of ether oxygens (including phenoxy) is 2. The number of carbonyl (C=O) groups is 3. The molecule has 0 unspecified atom stereocenters. The van der Waals surface area contributed by atoms with Gasteiger partial charge >= 0.3 is 5.97 Å². The lowest BCUT2D eigenvalue weighted by Crippen LogP contribution is -2.43. The summed E-state index contributed by atoms with van der Waals surface area (Å²) in [5, 5.41) is 23.6. The van der Waals surface area contributed by atoms with Crippen molar-refractivity contribution in [1.82, 2.24) is 5.32 Å². The number of nitrogens with one attached hydrogen (secondary N) is 1. The number of aliphatic hydroxyl groups excluding tert-OH is 1. The third-order valence-corrected chi connectivity index (χ3v) is 4.16. The molecule has 0 aromatic heterocycles. The van der Waals surface area contributed by atoms with Crippen molar-refractivity contribution in [2.45, 2.75) is 13.0 Å². The first-order valence-corrected chi connectivity index (χ1v) is 9.32. The van der Waals surface area contributed by atoms with E-state index in [-0.39, 0.29) is 30.2 Å². The second kappa shape index (κ2) is 11.3. The van der Waals surface area contributed by atoms with Crippen LogP contribution in [0.5, 0.6) is 5.75 Å². The van der Waals surface area contributed by atoms with Crippen LogP contribution in [0.1, 0.15) is 33.2 Å². The van der Waals surface area contributed by atoms with Crippen LogP contribution in [0.4, 0.5) is 0 Å². The van der Waals surface area contributed by atoms with Gasteiger partial charge in [0.15, 0.2) is 18.2 Å². The van der Waals surface area contributed by atoms with Crippen LogP contribution in [-0.4, -0.2) is 59.7 Å². The summed E-state index contributed by atoms with van der Waals surface area (Å²) in [6, 6.07) is 10.6. The largest absolute Gasteiger partial charge is 0.482 e. The average molecular weight is 429 g/mol. The van der Waals surface area contributed by atoms with Crippen LogP contribution in [-0.2, 0) is 9.53 Å². The predicted octanol–water partition coefficient (Wildman–Crippen LogP) is 0.697. The molecule has 0 aliphatic carbocycles. The lowest BCUT2D eigenvalue weighted by molar-refractivity contribution is -0.145. The molecule has 1 atom stereocenters. The first kappa shape index (κ1) is 23.4. The van der Waals surface area contributed by atoms with E-state index in [1.54, 1.807) is 6.92 Å². The zero-order valence-electron chi connectivity index (χ0n) is 16.8. The number of amidine groups is 1. The number of oxime groups is 1. The summed E-state index contributed by atoms with van der Waals surface area (Å²) in [5.74, 6) is -1.33. The fourth-order valence-corrected chi connectivity index (χ4v) is 2.55. The number of rotatable bonds is 10. The van der Waals surface area contributed by atoms with Gasteiger partial charge in [-0.2, -0.15) is 0 Å². The number of nitrogens with zero attached hydrogens (tertiary/aromatic N) is 1. The molecule has 0 aliphatic heterocycles. The van der Waals surface area contributed by atoms with Gasteiger partial charge in [-0.25, -0.2) is 4.79 Å². The molecule has 0 saturated carbocycles. The normalized spacial score (nSPS) is 12.0. The number of hydrogen-bond donors (Lipinski definition) is 4. The van der Waals surface area contributed by atoms with Crippen molar-refractivity contribution in [3.8, 4) is 5.75 Å². The molecule has 0 radical (unpaired) electrons. The number of aliphatic hydroxyl groups is 1. The molecule has 10 heteroatoms. The van der Waals surface area contributed by atoms with Crippen molar-refractivity contribution in [2.75, 3.05) is 19.8 Å². The Labute approximate surface area is 178 Å². The van der Waals surface area contributed by atoms with Gasteiger partial charge in [0.25, 0.3) is 5.91 Å². The Hall–Kier alpha value is -3.92. The van der Waals surface area contributed by atoms with E-state index in [1.165, 1.54) is 48.5 Å². The van der Waals surface area contributed by atoms with Crippen LogP contribution in [0.2, 0.25) is 0 Å². The van der Waals surface area contributed by atoms with Crippen molar-refractivity contribution >= 4 is 23.5 Å². The highest BCUT2D eigenvalue weighted by Crippen LogP contribution is 2.14. The summed E-state index contributed by atoms with van der Waals surface area (Å²) < 4.78 is 10.0. The molecule has 0 fully saturated rings. The Balaban J connectivity index is 2.01. The Morgan fingerprint density at radius 3 is 2.16 bits per heavy atom. The molecule has 5 N–H and O–H groups in total. The average Bonchev–Trinajstić information content (AvgIpc) is 2.80. The van der Waals surface area contributed by atoms with Crippen molar-refractivity contribution < 1.29 is 34.2 Å². The second-order valence-electron chi connectivity index (χ2n) is 6.25. The lowest BCUT2D eigenvalue weighted by Gasteiger charge is -2.16. The minimum atomic E-state index is -1.16. The van der Waals surface area contributed by atoms with Crippen LogP contribution in [0.3, 0.4) is 0 Å². The third-order valence-electron chi connectivity index (χ3n) is 4.16. The quantitative estimate of drug-likeness (QED) is 0.107. The van der Waals surface area contributed by atoms with Gasteiger partial charge in [0.05, 0.1) is 13.2 Å². The zero-order chi connectivity index (χ0) is 22.8. The molecule has 1 amide bonds. The van der Waals surface area contributed by atoms with Crippen LogP contribution in [0.25, 0.3) is 0 Å². The summed E-state index contributed by atoms with van der Waals surface area (Å²) in [4.78, 5) is 36.4. The highest BCUT2D eigenvalue weighted by atomic mass is 16.6. The van der Waals surface area contributed by atoms with Gasteiger partial charge in [-0.15, -0.1) is 0 Å². The predicted molar refractivity (Wildman–Crippen MR) is 110 cm³/mol. The van der Waals surface area contributed by atoms with Crippen LogP contribution in [0, 0.1) is 0 Å². The van der Waals surface area contributed by atoms with Gasteiger partial charge in [0.2, 0.25) is 0 Å². The maximum atomic E-state index is 12.6. The van der Waals surface area contributed by atoms with Gasteiger partial charge in [0.1, 0.15) is 11.8 Å². The van der Waals surface area contributed by atoms with Gasteiger partial charge < -0.3 is 30.8 Å². The van der Waals surface area contributed by atoms with E-state index in [0.29, 0.717) is 11.3 Å². The van der Waals surface area contributed by atoms with Crippen molar-refractivity contribution in [3.63, 3.8) is 0 Å². The lowest BCUT2D eigenvalue weighted by atomic mass is 10.0. The number of Topliss-reactive ketones (excluding diaryl/α,β-unsaturated/α-hetero) is 1. The molecule has 164 valence electrons. The fourth-order valence-electron chi connectivity index (χ4n) is 2.55. The summed E-state index contributed by atoms with van der Waals surface area (Å²) >= 11 is 0. The van der Waals surface area contributed by atoms with Crippen LogP contribution >= 0.6 is 0 Å². The standard InChI is InChI=1S/C21H23N3O7/c1-2-30-18(26)12-31-16-9-7-13(8-10-16)19(27)17(11-25)23-21(28)15-5-3-14(4-6-15)20(22)24-29/h3-10,17,25,29H,2,11-12H2,1H3,(H2,22,24)(H,23,28)/t17-/m0/s1. The maximum absolute atomic E-state index is 12.6. The summed E-state index contributed by atoms with van der Waals surface area (Å²) in [6.45, 7) is 1.07. The minimum Gasteiger partial charge on any atom is -0.482 e. The summed E-state index contributed by atoms with van der Waals surface area (Å²) in [6.07, 6.45) is 0. The Kier molecular flexibility index (Phi) is 8.52. The van der Waals surface area contributed by atoms with Gasteiger partial charge in [-0.1, -0.05) is 17.3 Å². The van der Waals surface area contributed by atoms with Crippen molar-refractivity contribution in [1.29, 1.82) is 0 Å². The minimum absolute atomic E-state index is 0.106. The molecular formula is C21H23N3O7. The molecule has 0 bridgehead atoms. The monoisotopic (exact) mass is 429 g/mol. The molecule has 10 nitrogen and oxygen atoms in total. The molecule has 0 aliphatic rings. The molecular weight excluding hydrogens is 406 g/mol. The Morgan fingerprint density at radius 2 is 1.61 bits per heavy atom. The number of amides is 1. The molecule has 2 rings (SSSR count). The number of esters is 1. The summed E-state index contributed by atoms with van der Waals surface area (Å²) in [5.41, 5.74) is 6.36. The molecule has 0 heterocycles. The molecule has 0 saturated heterocycles. The number of ketones is 1. The Bertz CT molecular complexity index is 940. The van der Waals surface area contributed by atoms with Gasteiger partial charge in [-0.3, -0.25) is 9.59 Å². The topological polar surface area (TPSA) is 161 Å². The zero-order valence-corrected chi connectivity index (χ0v) is 16.8. The number of nitrogens with two attached hydrogens (primary N) is 1. The highest BCUT2D eigenvalue weighted by molar-refractivity contribution is 6.05. The molecule has 0 spiro atoms. The van der Waals surface area contributed by atoms with E-state index < -0.39 is 30.3 Å². The van der Waals surface area contributed by atoms with Gasteiger partial charge in [-0.05, 0) is 43.3 Å². The van der Waals surface area contributed by atoms with Crippen molar-refractivity contribution in [3.05, 3.63) is 65.2 Å². The van der Waals surface area contributed by atoms with E-state index in [4.69, 9.17) is 20.4 Å². The van der Waals surface area contributed by atoms with E-state index in [9.17, 15) is 19.5 Å². The Morgan fingerprint density at radius 1 is 1.03 bits per heavy atom. The number of hydrogen-bond acceptors (Lipinski definition) is 8. The molecule has 2 aromatic rings. The van der Waals surface area contributed by atoms with E-state index in [0.717, 1.165) is 0 Å². The van der Waals surface area contributed by atoms with E-state index >= 15 is 0 Å². The first-order chi connectivity index (χ1) is 14.9. The van der Waals surface area contributed by atoms with Crippen LogP contribution in [0.15, 0.2) is 53.7 Å². The highest BCUT2D eigenvalue weighted by Gasteiger charge is 2.22. The number of benzene rings is 2. The fraction of sp³-hybridized carbons (Fsp3) is 0.238. The summed E-state index contributed by atoms with van der Waals surface area (Å²) in [7, 11) is 0. The molecule has 31 heavy (non-hydrogen) atoms. The second-order valence-corrected chi connectivity index (χ2v) is 6.25. The van der Waals surface area contributed by atoms with E-state index in [2.05, 4.69) is 10.5 Å². The number of carbonyl (C=O) groups excluding carboxylic acids is 3. The smallest absolute Gasteiger partial charge is 0.344 e. The third kappa shape index (κ3) is 6.54. The van der Waals surface area contributed by atoms with Crippen LogP contribution < -0.4 is 15.8 Å². The SMILES string of the molecule is CCOC(=O)COc1ccc(C(=O)[C@H](CO)NC(=O)c2ccc(/C(N)=N/O)cc2)cc1.